The third-order valence-corrected chi connectivity index (χ3v) is 2.02. The molecule has 12 heavy (non-hydrogen) atoms. The molecule has 0 saturated carbocycles. The van der Waals surface area contributed by atoms with Crippen molar-refractivity contribution in [2.75, 3.05) is 13.2 Å². The van der Waals surface area contributed by atoms with Gasteiger partial charge in [-0.05, 0) is 17.6 Å². The number of halogens is 1. The molecule has 0 atom stereocenters. The predicted molar refractivity (Wildman–Crippen MR) is 48.7 cm³/mol. The van der Waals surface area contributed by atoms with Crippen molar-refractivity contribution in [1.82, 2.24) is 0 Å². The highest BCUT2D eigenvalue weighted by molar-refractivity contribution is 6.61. The summed E-state index contributed by atoms with van der Waals surface area (Å²) in [6.07, 6.45) is 0. The van der Waals surface area contributed by atoms with Gasteiger partial charge in [0.25, 0.3) is 0 Å². The van der Waals surface area contributed by atoms with Gasteiger partial charge in [0.15, 0.2) is 0 Å². The lowest BCUT2D eigenvalue weighted by molar-refractivity contribution is 0.365. The van der Waals surface area contributed by atoms with Crippen LogP contribution in [0.15, 0.2) is 24.3 Å². The van der Waals surface area contributed by atoms with Crippen LogP contribution in [0.4, 0.5) is 0 Å². The first-order valence-corrected chi connectivity index (χ1v) is 4.23. The maximum absolute atomic E-state index is 5.74. The zero-order chi connectivity index (χ0) is 8.39. The molecule has 1 aliphatic heterocycles. The summed E-state index contributed by atoms with van der Waals surface area (Å²) in [4.78, 5) is 0. The number of hydrogen-bond acceptors (Lipinski definition) is 2. The average Bonchev–Trinajstić information content (AvgIpc) is 2.58. The molecule has 1 aromatic rings. The summed E-state index contributed by atoms with van der Waals surface area (Å²) < 4.78 is 10.6. The lowest BCUT2D eigenvalue weighted by atomic mass is 9.80. The Labute approximate surface area is 76.6 Å². The van der Waals surface area contributed by atoms with Gasteiger partial charge in [0.2, 0.25) is 0 Å². The fourth-order valence-electron chi connectivity index (χ4n) is 1.17. The summed E-state index contributed by atoms with van der Waals surface area (Å²) in [5.41, 5.74) is 1.02. The van der Waals surface area contributed by atoms with E-state index in [9.17, 15) is 0 Å². The molecule has 0 unspecified atom stereocenters. The fourth-order valence-corrected chi connectivity index (χ4v) is 1.30. The topological polar surface area (TPSA) is 18.5 Å². The Kier molecular flexibility index (Phi) is 2.35. The van der Waals surface area contributed by atoms with Gasteiger partial charge in [0.05, 0.1) is 13.2 Å². The first kappa shape index (κ1) is 8.11. The Morgan fingerprint density at radius 1 is 1.08 bits per heavy atom. The van der Waals surface area contributed by atoms with Crippen LogP contribution in [0.5, 0.6) is 0 Å². The zero-order valence-corrected chi connectivity index (χ0v) is 7.25. The monoisotopic (exact) mass is 182 g/mol. The van der Waals surface area contributed by atoms with Crippen molar-refractivity contribution in [2.45, 2.75) is 0 Å². The van der Waals surface area contributed by atoms with Crippen LogP contribution >= 0.6 is 11.6 Å². The Bertz CT molecular complexity index is 256. The third kappa shape index (κ3) is 1.63. The molecule has 4 heteroatoms. The third-order valence-electron chi connectivity index (χ3n) is 1.76. The summed E-state index contributed by atoms with van der Waals surface area (Å²) in [5.74, 6) is 0. The van der Waals surface area contributed by atoms with Gasteiger partial charge >= 0.3 is 7.12 Å². The lowest BCUT2D eigenvalue weighted by Gasteiger charge is -2.02. The second kappa shape index (κ2) is 3.48. The van der Waals surface area contributed by atoms with Gasteiger partial charge in [-0.3, -0.25) is 0 Å². The summed E-state index contributed by atoms with van der Waals surface area (Å²) in [5, 5.41) is 0.733. The predicted octanol–water partition coefficient (Wildman–Crippen LogP) is 1.08. The van der Waals surface area contributed by atoms with E-state index in [1.165, 1.54) is 0 Å². The molecule has 62 valence electrons. The van der Waals surface area contributed by atoms with Crippen LogP contribution in [0, 0.1) is 0 Å². The molecule has 1 saturated heterocycles. The second-order valence-corrected chi connectivity index (χ2v) is 3.06. The highest BCUT2D eigenvalue weighted by Gasteiger charge is 2.25. The van der Waals surface area contributed by atoms with E-state index < -0.39 is 0 Å². The lowest BCUT2D eigenvalue weighted by Crippen LogP contribution is -2.31. The van der Waals surface area contributed by atoms with E-state index in [1.807, 2.05) is 24.3 Å². The van der Waals surface area contributed by atoms with Crippen molar-refractivity contribution in [3.8, 4) is 0 Å². The SMILES string of the molecule is Clc1ccc(B2OCCO2)cc1. The van der Waals surface area contributed by atoms with E-state index in [4.69, 9.17) is 20.9 Å². The van der Waals surface area contributed by atoms with Gasteiger partial charge in [-0.15, -0.1) is 0 Å². The smallest absolute Gasteiger partial charge is 0.405 e. The first-order valence-electron chi connectivity index (χ1n) is 3.85. The van der Waals surface area contributed by atoms with E-state index in [1.54, 1.807) is 0 Å². The molecule has 1 fully saturated rings. The van der Waals surface area contributed by atoms with Gasteiger partial charge in [0, 0.05) is 5.02 Å². The fraction of sp³-hybridized carbons (Fsp3) is 0.250. The molecule has 1 aliphatic rings. The van der Waals surface area contributed by atoms with Gasteiger partial charge in [0.1, 0.15) is 0 Å². The minimum absolute atomic E-state index is 0.192. The van der Waals surface area contributed by atoms with Crippen molar-refractivity contribution < 1.29 is 9.31 Å². The quantitative estimate of drug-likeness (QED) is 0.605. The van der Waals surface area contributed by atoms with Crippen molar-refractivity contribution >= 4 is 24.2 Å². The second-order valence-electron chi connectivity index (χ2n) is 2.63. The van der Waals surface area contributed by atoms with Crippen molar-refractivity contribution in [3.63, 3.8) is 0 Å². The van der Waals surface area contributed by atoms with E-state index >= 15 is 0 Å². The summed E-state index contributed by atoms with van der Waals surface area (Å²) >= 11 is 5.74. The Hall–Kier alpha value is -0.505. The minimum Gasteiger partial charge on any atom is -0.405 e. The number of hydrogen-bond donors (Lipinski definition) is 0. The molecule has 2 rings (SSSR count). The molecule has 0 aromatic heterocycles. The number of rotatable bonds is 1. The maximum atomic E-state index is 5.74. The standard InChI is InChI=1S/C8H8BClO2/c10-8-3-1-7(2-4-8)9-11-5-6-12-9/h1-4H,5-6H2. The summed E-state index contributed by atoms with van der Waals surface area (Å²) in [6, 6.07) is 7.50. The molecular formula is C8H8BClO2. The normalized spacial score (nSPS) is 16.9. The molecule has 0 aliphatic carbocycles. The Balaban J connectivity index is 2.17. The van der Waals surface area contributed by atoms with Gasteiger partial charge in [-0.25, -0.2) is 0 Å². The Morgan fingerprint density at radius 2 is 1.67 bits per heavy atom. The largest absolute Gasteiger partial charge is 0.494 e. The molecule has 2 nitrogen and oxygen atoms in total. The molecule has 0 N–H and O–H groups in total. The van der Waals surface area contributed by atoms with Crippen LogP contribution in [-0.2, 0) is 9.31 Å². The van der Waals surface area contributed by atoms with Crippen LogP contribution in [0.3, 0.4) is 0 Å². The van der Waals surface area contributed by atoms with Crippen LogP contribution in [-0.4, -0.2) is 20.3 Å². The van der Waals surface area contributed by atoms with E-state index in [0.717, 1.165) is 10.5 Å². The van der Waals surface area contributed by atoms with Crippen LogP contribution in [0.1, 0.15) is 0 Å². The molecule has 0 radical (unpaired) electrons. The molecule has 1 heterocycles. The van der Waals surface area contributed by atoms with E-state index in [0.29, 0.717) is 13.2 Å². The van der Waals surface area contributed by atoms with Crippen molar-refractivity contribution in [3.05, 3.63) is 29.3 Å². The molecular weight excluding hydrogens is 174 g/mol. The highest BCUT2D eigenvalue weighted by atomic mass is 35.5. The zero-order valence-electron chi connectivity index (χ0n) is 6.50. The number of benzene rings is 1. The minimum atomic E-state index is -0.192. The highest BCUT2D eigenvalue weighted by Crippen LogP contribution is 2.06. The maximum Gasteiger partial charge on any atom is 0.494 e. The van der Waals surface area contributed by atoms with Crippen molar-refractivity contribution in [2.24, 2.45) is 0 Å². The van der Waals surface area contributed by atoms with Gasteiger partial charge in [-0.2, -0.15) is 0 Å². The van der Waals surface area contributed by atoms with Crippen LogP contribution in [0.2, 0.25) is 5.02 Å². The van der Waals surface area contributed by atoms with E-state index in [2.05, 4.69) is 0 Å². The Morgan fingerprint density at radius 3 is 2.25 bits per heavy atom. The average molecular weight is 182 g/mol. The van der Waals surface area contributed by atoms with E-state index in [-0.39, 0.29) is 7.12 Å². The van der Waals surface area contributed by atoms with Crippen LogP contribution in [0.25, 0.3) is 0 Å². The summed E-state index contributed by atoms with van der Waals surface area (Å²) in [6.45, 7) is 1.35. The molecule has 1 aromatic carbocycles. The van der Waals surface area contributed by atoms with Crippen molar-refractivity contribution in [1.29, 1.82) is 0 Å². The molecule has 0 bridgehead atoms. The van der Waals surface area contributed by atoms with Gasteiger partial charge < -0.3 is 9.31 Å². The van der Waals surface area contributed by atoms with Crippen LogP contribution < -0.4 is 5.46 Å². The summed E-state index contributed by atoms with van der Waals surface area (Å²) in [7, 11) is -0.192. The first-order chi connectivity index (χ1) is 5.86. The van der Waals surface area contributed by atoms with Gasteiger partial charge in [-0.1, -0.05) is 23.7 Å². The molecule has 0 spiro atoms. The molecule has 0 amide bonds.